The van der Waals surface area contributed by atoms with Crippen LogP contribution in [0.2, 0.25) is 0 Å². The first kappa shape index (κ1) is 13.3. The molecule has 0 aliphatic heterocycles. The van der Waals surface area contributed by atoms with E-state index >= 15 is 0 Å². The molecule has 0 aromatic rings. The lowest BCUT2D eigenvalue weighted by atomic mass is 9.78. The van der Waals surface area contributed by atoms with Crippen molar-refractivity contribution in [3.8, 4) is 0 Å². The predicted octanol–water partition coefficient (Wildman–Crippen LogP) is 1.74. The summed E-state index contributed by atoms with van der Waals surface area (Å²) in [6, 6.07) is 0.603. The molecule has 2 atom stereocenters. The maximum Gasteiger partial charge on any atom is 0.0611 e. The van der Waals surface area contributed by atoms with Crippen LogP contribution >= 0.6 is 0 Å². The zero-order chi connectivity index (χ0) is 12.3. The van der Waals surface area contributed by atoms with Gasteiger partial charge in [0.2, 0.25) is 0 Å². The molecule has 0 radical (unpaired) electrons. The first-order valence-electron chi connectivity index (χ1n) is 7.30. The second-order valence-electron chi connectivity index (χ2n) is 6.16. The molecular formula is C14H28N2O. The van der Waals surface area contributed by atoms with Gasteiger partial charge in [0.15, 0.2) is 0 Å². The van der Waals surface area contributed by atoms with Gasteiger partial charge in [-0.1, -0.05) is 13.3 Å². The number of nitrogens with zero attached hydrogens (tertiary/aromatic N) is 1. The average Bonchev–Trinajstić information content (AvgIpc) is 2.28. The Labute approximate surface area is 105 Å². The van der Waals surface area contributed by atoms with Crippen LogP contribution in [0.4, 0.5) is 0 Å². The summed E-state index contributed by atoms with van der Waals surface area (Å²) in [6.07, 6.45) is 8.64. The largest absolute Gasteiger partial charge is 0.394 e. The molecule has 3 N–H and O–H groups in total. The molecule has 0 aromatic carbocycles. The number of hydrogen-bond donors (Lipinski definition) is 2. The van der Waals surface area contributed by atoms with E-state index in [4.69, 9.17) is 5.73 Å². The monoisotopic (exact) mass is 240 g/mol. The van der Waals surface area contributed by atoms with Gasteiger partial charge < -0.3 is 15.7 Å². The van der Waals surface area contributed by atoms with Crippen LogP contribution in [0.25, 0.3) is 0 Å². The Hall–Kier alpha value is -0.120. The Balaban J connectivity index is 1.89. The van der Waals surface area contributed by atoms with Gasteiger partial charge in [-0.3, -0.25) is 0 Å². The molecule has 3 heteroatoms. The highest BCUT2D eigenvalue weighted by molar-refractivity contribution is 4.94. The van der Waals surface area contributed by atoms with Crippen molar-refractivity contribution in [3.63, 3.8) is 0 Å². The Kier molecular flexibility index (Phi) is 4.45. The lowest BCUT2D eigenvalue weighted by molar-refractivity contribution is 0.0645. The van der Waals surface area contributed by atoms with Gasteiger partial charge in [0.25, 0.3) is 0 Å². The van der Waals surface area contributed by atoms with E-state index in [2.05, 4.69) is 11.8 Å². The molecule has 2 fully saturated rings. The minimum absolute atomic E-state index is 0.143. The van der Waals surface area contributed by atoms with Crippen molar-refractivity contribution in [2.45, 2.75) is 63.5 Å². The zero-order valence-corrected chi connectivity index (χ0v) is 11.2. The number of aliphatic hydroxyl groups is 1. The predicted molar refractivity (Wildman–Crippen MR) is 70.8 cm³/mol. The normalized spacial score (nSPS) is 34.9. The summed E-state index contributed by atoms with van der Waals surface area (Å²) in [6.45, 7) is 4.78. The zero-order valence-electron chi connectivity index (χ0n) is 11.2. The van der Waals surface area contributed by atoms with Crippen LogP contribution in [0.5, 0.6) is 0 Å². The second-order valence-corrected chi connectivity index (χ2v) is 6.16. The standard InChI is InChI=1S/C14H28N2O/c1-2-16(10-12-5-3-6-12)13-7-4-8-14(15,9-13)11-17/h12-13,17H,2-11,15H2,1H3. The first-order chi connectivity index (χ1) is 8.17. The number of nitrogens with two attached hydrogens (primary N) is 1. The third-order valence-electron chi connectivity index (χ3n) is 4.81. The summed E-state index contributed by atoms with van der Waals surface area (Å²) in [7, 11) is 0. The van der Waals surface area contributed by atoms with Gasteiger partial charge >= 0.3 is 0 Å². The molecule has 0 bridgehead atoms. The third kappa shape index (κ3) is 3.21. The van der Waals surface area contributed by atoms with Gasteiger partial charge in [-0.2, -0.15) is 0 Å². The molecule has 100 valence electrons. The van der Waals surface area contributed by atoms with Crippen LogP contribution in [0.3, 0.4) is 0 Å². The Morgan fingerprint density at radius 3 is 2.59 bits per heavy atom. The summed E-state index contributed by atoms with van der Waals surface area (Å²) < 4.78 is 0. The van der Waals surface area contributed by atoms with Crippen LogP contribution < -0.4 is 5.73 Å². The third-order valence-corrected chi connectivity index (χ3v) is 4.81. The van der Waals surface area contributed by atoms with Crippen molar-refractivity contribution < 1.29 is 5.11 Å². The molecule has 0 aromatic heterocycles. The average molecular weight is 240 g/mol. The molecule has 0 heterocycles. The maximum absolute atomic E-state index is 9.42. The van der Waals surface area contributed by atoms with Crippen molar-refractivity contribution in [2.75, 3.05) is 19.7 Å². The number of hydrogen-bond acceptors (Lipinski definition) is 3. The molecule has 17 heavy (non-hydrogen) atoms. The van der Waals surface area contributed by atoms with Crippen molar-refractivity contribution in [2.24, 2.45) is 11.7 Å². The summed E-state index contributed by atoms with van der Waals surface area (Å²) in [4.78, 5) is 2.61. The smallest absolute Gasteiger partial charge is 0.0611 e. The quantitative estimate of drug-likeness (QED) is 0.769. The maximum atomic E-state index is 9.42. The summed E-state index contributed by atoms with van der Waals surface area (Å²) in [5.74, 6) is 0.929. The second kappa shape index (κ2) is 5.68. The fourth-order valence-electron chi connectivity index (χ4n) is 3.36. The Morgan fingerprint density at radius 2 is 2.06 bits per heavy atom. The molecule has 2 saturated carbocycles. The van der Waals surface area contributed by atoms with E-state index in [0.717, 1.165) is 25.3 Å². The van der Waals surface area contributed by atoms with Crippen LogP contribution in [-0.4, -0.2) is 41.3 Å². The van der Waals surface area contributed by atoms with Crippen molar-refractivity contribution in [1.29, 1.82) is 0 Å². The van der Waals surface area contributed by atoms with E-state index in [9.17, 15) is 5.11 Å². The SMILES string of the molecule is CCN(CC1CCC1)C1CCCC(N)(CO)C1. The van der Waals surface area contributed by atoms with Crippen molar-refractivity contribution in [3.05, 3.63) is 0 Å². The molecule has 0 amide bonds. The molecule has 3 nitrogen and oxygen atoms in total. The van der Waals surface area contributed by atoms with Crippen LogP contribution in [-0.2, 0) is 0 Å². The minimum atomic E-state index is -0.310. The van der Waals surface area contributed by atoms with Crippen molar-refractivity contribution >= 4 is 0 Å². The van der Waals surface area contributed by atoms with E-state index in [1.54, 1.807) is 0 Å². The van der Waals surface area contributed by atoms with E-state index < -0.39 is 0 Å². The summed E-state index contributed by atoms with van der Waals surface area (Å²) in [5, 5.41) is 9.42. The van der Waals surface area contributed by atoms with Gasteiger partial charge in [-0.25, -0.2) is 0 Å². The molecule has 0 saturated heterocycles. The van der Waals surface area contributed by atoms with Gasteiger partial charge in [-0.15, -0.1) is 0 Å². The molecular weight excluding hydrogens is 212 g/mol. The minimum Gasteiger partial charge on any atom is -0.394 e. The van der Waals surface area contributed by atoms with Gasteiger partial charge in [-0.05, 0) is 51.0 Å². The van der Waals surface area contributed by atoms with Crippen LogP contribution in [0, 0.1) is 5.92 Å². The highest BCUT2D eigenvalue weighted by Crippen LogP contribution is 2.32. The topological polar surface area (TPSA) is 49.5 Å². The fraction of sp³-hybridized carbons (Fsp3) is 1.00. The van der Waals surface area contributed by atoms with E-state index in [-0.39, 0.29) is 12.1 Å². The van der Waals surface area contributed by atoms with E-state index in [0.29, 0.717) is 6.04 Å². The molecule has 2 unspecified atom stereocenters. The van der Waals surface area contributed by atoms with Crippen molar-refractivity contribution in [1.82, 2.24) is 4.90 Å². The van der Waals surface area contributed by atoms with E-state index in [1.165, 1.54) is 38.6 Å². The van der Waals surface area contributed by atoms with Gasteiger partial charge in [0.1, 0.15) is 0 Å². The highest BCUT2D eigenvalue weighted by Gasteiger charge is 2.35. The fourth-order valence-corrected chi connectivity index (χ4v) is 3.36. The van der Waals surface area contributed by atoms with E-state index in [1.807, 2.05) is 0 Å². The summed E-state index contributed by atoms with van der Waals surface area (Å²) >= 11 is 0. The lowest BCUT2D eigenvalue weighted by Gasteiger charge is -2.43. The van der Waals surface area contributed by atoms with Crippen LogP contribution in [0.1, 0.15) is 51.9 Å². The lowest BCUT2D eigenvalue weighted by Crippen LogP contribution is -2.53. The summed E-state index contributed by atoms with van der Waals surface area (Å²) in [5.41, 5.74) is 5.93. The van der Waals surface area contributed by atoms with Gasteiger partial charge in [0, 0.05) is 18.1 Å². The molecule has 2 aliphatic rings. The highest BCUT2D eigenvalue weighted by atomic mass is 16.3. The number of aliphatic hydroxyl groups excluding tert-OH is 1. The first-order valence-corrected chi connectivity index (χ1v) is 7.30. The Bertz CT molecular complexity index is 242. The molecule has 2 aliphatic carbocycles. The van der Waals surface area contributed by atoms with Gasteiger partial charge in [0.05, 0.1) is 6.61 Å². The Morgan fingerprint density at radius 1 is 1.29 bits per heavy atom. The van der Waals surface area contributed by atoms with Crippen LogP contribution in [0.15, 0.2) is 0 Å². The number of rotatable bonds is 5. The molecule has 2 rings (SSSR count). The molecule has 0 spiro atoms.